The molecule has 3 nitrogen and oxygen atoms in total. The Kier molecular flexibility index (Phi) is 10.3. The van der Waals surface area contributed by atoms with Crippen LogP contribution in [0.3, 0.4) is 0 Å². The van der Waals surface area contributed by atoms with Crippen molar-refractivity contribution >= 4 is 24.2 Å². The first-order valence-corrected chi connectivity index (χ1v) is 7.03. The van der Waals surface area contributed by atoms with Gasteiger partial charge in [-0.1, -0.05) is 0 Å². The van der Waals surface area contributed by atoms with Crippen molar-refractivity contribution in [3.05, 3.63) is 36.4 Å². The van der Waals surface area contributed by atoms with Crippen LogP contribution < -0.4 is 0 Å². The van der Waals surface area contributed by atoms with E-state index in [1.54, 1.807) is 0 Å². The zero-order valence-corrected chi connectivity index (χ0v) is 10.7. The molecule has 0 bridgehead atoms. The Morgan fingerprint density at radius 2 is 1.44 bits per heavy atom. The Balaban J connectivity index is 0. The van der Waals surface area contributed by atoms with Gasteiger partial charge in [-0.3, -0.25) is 0 Å². The van der Waals surface area contributed by atoms with Crippen molar-refractivity contribution in [3.63, 3.8) is 0 Å². The second-order valence-corrected chi connectivity index (χ2v) is 3.35. The summed E-state index contributed by atoms with van der Waals surface area (Å²) < 4.78 is 58.9. The first-order chi connectivity index (χ1) is 7.25. The van der Waals surface area contributed by atoms with E-state index in [2.05, 4.69) is 34.4 Å². The average Bonchev–Trinajstić information content (AvgIpc) is 2.21. The summed E-state index contributed by atoms with van der Waals surface area (Å²) in [4.78, 5) is 0. The minimum absolute atomic E-state index is 1.88. The van der Waals surface area contributed by atoms with Crippen LogP contribution in [0.15, 0.2) is 30.3 Å². The normalized spacial score (nSPS) is 10.4. The summed E-state index contributed by atoms with van der Waals surface area (Å²) in [6.07, 6.45) is 0. The van der Waals surface area contributed by atoms with E-state index in [0.29, 0.717) is 0 Å². The standard InChI is InChI=1S/C6H5.CHF3O3S.BrH.Cu/c1-2-4-6-5-3-1;2-1(3,4)8(5,6)7;;/h1-5H;(H,5,6,7);1H;/q-1;;;+2/p-2. The Hall–Kier alpha value is -0.0805. The number of rotatable bonds is 0. The third kappa shape index (κ3) is 10.4. The van der Waals surface area contributed by atoms with Gasteiger partial charge in [0.15, 0.2) is 10.1 Å². The third-order valence-corrected chi connectivity index (χ3v) is 1.46. The van der Waals surface area contributed by atoms with Gasteiger partial charge in [-0.05, 0) is 0 Å². The first-order valence-electron chi connectivity index (χ1n) is 3.30. The molecule has 0 N–H and O–H groups in total. The van der Waals surface area contributed by atoms with Gasteiger partial charge in [-0.15, -0.1) is 0 Å². The smallest absolute Gasteiger partial charge is 0.171 e. The second kappa shape index (κ2) is 9.00. The zero-order valence-electron chi connectivity index (χ0n) is 7.33. The molecule has 0 amide bonds. The fraction of sp³-hybridized carbons (Fsp3) is 0.143. The molecule has 0 spiro atoms. The summed E-state index contributed by atoms with van der Waals surface area (Å²) >= 11 is 6.50. The maximum absolute atomic E-state index is 10.7. The Morgan fingerprint density at radius 3 is 1.50 bits per heavy atom. The fourth-order valence-electron chi connectivity index (χ4n) is 0.342. The van der Waals surface area contributed by atoms with E-state index in [0.717, 1.165) is 0 Å². The molecule has 9 heteroatoms. The van der Waals surface area contributed by atoms with Crippen LogP contribution in [-0.4, -0.2) is 18.5 Å². The molecule has 0 saturated heterocycles. The van der Waals surface area contributed by atoms with Crippen LogP contribution in [-0.2, 0) is 24.3 Å². The molecule has 0 aliphatic heterocycles. The van der Waals surface area contributed by atoms with E-state index in [9.17, 15) is 13.2 Å². The van der Waals surface area contributed by atoms with Crippen molar-refractivity contribution < 1.29 is 40.3 Å². The molecule has 0 unspecified atom stereocenters. The van der Waals surface area contributed by atoms with Crippen LogP contribution in [0.4, 0.5) is 13.2 Å². The van der Waals surface area contributed by atoms with Gasteiger partial charge in [0.05, 0.1) is 0 Å². The van der Waals surface area contributed by atoms with Crippen molar-refractivity contribution in [2.24, 2.45) is 0 Å². The number of benzene rings is 1. The molecule has 0 fully saturated rings. The maximum atomic E-state index is 10.7. The van der Waals surface area contributed by atoms with Crippen molar-refractivity contribution in [1.29, 1.82) is 0 Å². The van der Waals surface area contributed by atoms with Crippen LogP contribution in [0.5, 0.6) is 0 Å². The van der Waals surface area contributed by atoms with Crippen molar-refractivity contribution in [2.75, 3.05) is 0 Å². The molecule has 0 saturated carbocycles. The molecule has 0 aliphatic carbocycles. The Labute approximate surface area is 106 Å². The van der Waals surface area contributed by atoms with E-state index in [4.69, 9.17) is 13.0 Å². The number of hydrogen-bond acceptors (Lipinski definition) is 3. The third-order valence-electron chi connectivity index (χ3n) is 0.891. The molecule has 1 aromatic rings. The summed E-state index contributed by atoms with van der Waals surface area (Å²) in [5.41, 5.74) is -5.65. The van der Waals surface area contributed by atoms with E-state index in [1.165, 1.54) is 0 Å². The summed E-state index contributed by atoms with van der Waals surface area (Å²) in [6.45, 7) is 0. The van der Waals surface area contributed by atoms with E-state index < -0.39 is 15.6 Å². The minimum atomic E-state index is -6.09. The molecule has 16 heavy (non-hydrogen) atoms. The predicted molar refractivity (Wildman–Crippen MR) is 50.0 cm³/mol. The number of halogens is 4. The first kappa shape index (κ1) is 18.3. The quantitative estimate of drug-likeness (QED) is 0.305. The molecule has 1 rings (SSSR count). The van der Waals surface area contributed by atoms with Gasteiger partial charge < -0.3 is 4.55 Å². The van der Waals surface area contributed by atoms with E-state index in [-0.39, 0.29) is 0 Å². The van der Waals surface area contributed by atoms with E-state index >= 15 is 0 Å². The Morgan fingerprint density at radius 1 is 1.12 bits per heavy atom. The predicted octanol–water partition coefficient (Wildman–Crippen LogP) is 2.38. The van der Waals surface area contributed by atoms with Gasteiger partial charge in [0.25, 0.3) is 0 Å². The molecule has 0 atom stereocenters. The second-order valence-electron chi connectivity index (χ2n) is 1.98. The molecular formula is C7H5BrCuF3O3S-. The Bertz CT molecular complexity index is 328. The summed E-state index contributed by atoms with van der Waals surface area (Å²) in [6, 6.07) is 12.5. The van der Waals surface area contributed by atoms with Crippen molar-refractivity contribution in [3.8, 4) is 0 Å². The van der Waals surface area contributed by atoms with Gasteiger partial charge in [-0.25, -0.2) is 8.42 Å². The summed E-state index contributed by atoms with van der Waals surface area (Å²) in [5.74, 6) is 0. The number of alkyl halides is 3. The van der Waals surface area contributed by atoms with Crippen LogP contribution in [0.1, 0.15) is 0 Å². The van der Waals surface area contributed by atoms with Crippen LogP contribution in [0, 0.1) is 6.07 Å². The fourth-order valence-corrected chi connectivity index (χ4v) is 0.342. The largest absolute Gasteiger partial charge is 0.184 e. The van der Waals surface area contributed by atoms with E-state index in [1.807, 2.05) is 30.3 Å². The van der Waals surface area contributed by atoms with Gasteiger partial charge in [0.1, 0.15) is 0 Å². The number of hydrogen-bond donors (Lipinski definition) is 0. The van der Waals surface area contributed by atoms with Crippen LogP contribution >= 0.6 is 14.1 Å². The van der Waals surface area contributed by atoms with Crippen molar-refractivity contribution in [1.82, 2.24) is 0 Å². The van der Waals surface area contributed by atoms with Gasteiger partial charge in [0, 0.05) is 0 Å². The van der Waals surface area contributed by atoms with Crippen LogP contribution in [0.2, 0.25) is 0 Å². The zero-order chi connectivity index (χ0) is 13.2. The molecule has 97 valence electrons. The van der Waals surface area contributed by atoms with Crippen molar-refractivity contribution in [2.45, 2.75) is 5.51 Å². The molecule has 1 aromatic carbocycles. The molecule has 0 heterocycles. The summed E-state index contributed by atoms with van der Waals surface area (Å²) in [5, 5.41) is 0. The van der Waals surface area contributed by atoms with Gasteiger partial charge in [0.2, 0.25) is 0 Å². The van der Waals surface area contributed by atoms with Crippen LogP contribution in [0.25, 0.3) is 0 Å². The SMILES string of the molecule is O=S(=O)([O-])C(F)(F)F.[Cu+][Br].[c-]1ccccc1. The summed E-state index contributed by atoms with van der Waals surface area (Å²) in [7, 11) is -6.09. The van der Waals surface area contributed by atoms with Gasteiger partial charge >= 0.3 is 33.8 Å². The minimum Gasteiger partial charge on any atom is -0.184 e. The molecule has 0 aromatic heterocycles. The monoisotopic (exact) mass is 368 g/mol. The maximum Gasteiger partial charge on any atom is -0.171 e. The molecule has 0 radical (unpaired) electrons. The molecular weight excluding hydrogens is 365 g/mol. The average molecular weight is 370 g/mol. The molecule has 0 aliphatic rings. The van der Waals surface area contributed by atoms with Gasteiger partial charge in [-0.2, -0.15) is 49.6 Å². The topological polar surface area (TPSA) is 57.2 Å².